The number of fused-ring (bicyclic) bond motifs is 3. The minimum Gasteiger partial charge on any atom is -0.449 e. The van der Waals surface area contributed by atoms with Crippen molar-refractivity contribution in [1.82, 2.24) is 16.2 Å². The average Bonchev–Trinajstić information content (AvgIpc) is 3.29. The van der Waals surface area contributed by atoms with E-state index in [9.17, 15) is 14.4 Å². The van der Waals surface area contributed by atoms with Gasteiger partial charge in [-0.2, -0.15) is 0 Å². The summed E-state index contributed by atoms with van der Waals surface area (Å²) >= 11 is 0. The standard InChI is InChI=1S/C31H43N3O9/c1-31(2,3)43-30(37)34-33-28(35)12-14-38-16-18-40-20-21-41-19-17-39-15-13-32-29(36)42-22-27-25-10-6-4-8-23(25)24-9-5-7-11-26(24)27/h4-11,27H,12-22H2,1-3H3,(H,32,36)(H,33,35)(H,34,37). The summed E-state index contributed by atoms with van der Waals surface area (Å²) in [7, 11) is 0. The average molecular weight is 602 g/mol. The van der Waals surface area contributed by atoms with E-state index in [1.54, 1.807) is 20.8 Å². The van der Waals surface area contributed by atoms with E-state index in [2.05, 4.69) is 40.4 Å². The highest BCUT2D eigenvalue weighted by Crippen LogP contribution is 2.44. The van der Waals surface area contributed by atoms with Crippen LogP contribution in [0, 0.1) is 0 Å². The molecule has 0 aliphatic heterocycles. The van der Waals surface area contributed by atoms with Crippen LogP contribution in [0.25, 0.3) is 11.1 Å². The lowest BCUT2D eigenvalue weighted by molar-refractivity contribution is -0.123. The number of rotatable bonds is 17. The zero-order valence-corrected chi connectivity index (χ0v) is 25.1. The fourth-order valence-electron chi connectivity index (χ4n) is 4.29. The second kappa shape index (κ2) is 18.1. The van der Waals surface area contributed by atoms with E-state index >= 15 is 0 Å². The third kappa shape index (κ3) is 12.6. The van der Waals surface area contributed by atoms with Gasteiger partial charge in [0.25, 0.3) is 0 Å². The molecule has 3 amide bonds. The molecule has 1 aliphatic rings. The summed E-state index contributed by atoms with van der Waals surface area (Å²) in [6, 6.07) is 16.4. The lowest BCUT2D eigenvalue weighted by Gasteiger charge is -2.19. The van der Waals surface area contributed by atoms with Gasteiger partial charge in [0.05, 0.1) is 59.3 Å². The molecule has 0 aromatic heterocycles. The molecule has 2 aromatic rings. The molecule has 0 heterocycles. The number of ether oxygens (including phenoxy) is 6. The van der Waals surface area contributed by atoms with Crippen LogP contribution in [-0.2, 0) is 33.2 Å². The minimum atomic E-state index is -0.730. The minimum absolute atomic E-state index is 0.0255. The Morgan fingerprint density at radius 1 is 0.674 bits per heavy atom. The summed E-state index contributed by atoms with van der Waals surface area (Å²) in [6.07, 6.45) is -1.12. The van der Waals surface area contributed by atoms with Crippen molar-refractivity contribution >= 4 is 18.1 Å². The second-order valence-electron chi connectivity index (χ2n) is 10.6. The normalized spacial score (nSPS) is 12.3. The van der Waals surface area contributed by atoms with Gasteiger partial charge in [0.15, 0.2) is 0 Å². The molecule has 0 radical (unpaired) electrons. The fourth-order valence-corrected chi connectivity index (χ4v) is 4.29. The Balaban J connectivity index is 1.09. The molecule has 0 spiro atoms. The Morgan fingerprint density at radius 2 is 1.19 bits per heavy atom. The summed E-state index contributed by atoms with van der Waals surface area (Å²) in [4.78, 5) is 35.3. The molecule has 0 bridgehead atoms. The quantitative estimate of drug-likeness (QED) is 0.183. The second-order valence-corrected chi connectivity index (χ2v) is 10.6. The van der Waals surface area contributed by atoms with Crippen molar-refractivity contribution in [3.05, 3.63) is 59.7 Å². The van der Waals surface area contributed by atoms with Crippen LogP contribution in [0.3, 0.4) is 0 Å². The maximum atomic E-state index is 12.2. The van der Waals surface area contributed by atoms with Crippen LogP contribution in [0.2, 0.25) is 0 Å². The van der Waals surface area contributed by atoms with Crippen molar-refractivity contribution in [2.24, 2.45) is 0 Å². The first-order valence-corrected chi connectivity index (χ1v) is 14.4. The van der Waals surface area contributed by atoms with Crippen LogP contribution < -0.4 is 16.2 Å². The first-order chi connectivity index (χ1) is 20.7. The molecule has 12 heteroatoms. The number of amides is 3. The van der Waals surface area contributed by atoms with Crippen LogP contribution in [0.4, 0.5) is 9.59 Å². The van der Waals surface area contributed by atoms with Crippen LogP contribution in [0.15, 0.2) is 48.5 Å². The summed E-state index contributed by atoms with van der Waals surface area (Å²) in [5, 5.41) is 2.72. The van der Waals surface area contributed by atoms with Gasteiger partial charge in [-0.3, -0.25) is 10.2 Å². The van der Waals surface area contributed by atoms with E-state index in [0.29, 0.717) is 52.8 Å². The topological polar surface area (TPSA) is 143 Å². The Kier molecular flexibility index (Phi) is 14.2. The summed E-state index contributed by atoms with van der Waals surface area (Å²) < 4.78 is 32.2. The molecule has 1 aliphatic carbocycles. The molecule has 43 heavy (non-hydrogen) atoms. The van der Waals surface area contributed by atoms with E-state index in [-0.39, 0.29) is 25.6 Å². The number of benzene rings is 2. The molecule has 0 unspecified atom stereocenters. The smallest absolute Gasteiger partial charge is 0.426 e. The van der Waals surface area contributed by atoms with Gasteiger partial charge in [-0.15, -0.1) is 0 Å². The Morgan fingerprint density at radius 3 is 1.74 bits per heavy atom. The lowest BCUT2D eigenvalue weighted by Crippen LogP contribution is -2.44. The maximum absolute atomic E-state index is 12.2. The predicted molar refractivity (Wildman–Crippen MR) is 158 cm³/mol. The Bertz CT molecular complexity index is 1120. The molecule has 3 N–H and O–H groups in total. The van der Waals surface area contributed by atoms with Gasteiger partial charge in [-0.1, -0.05) is 48.5 Å². The predicted octanol–water partition coefficient (Wildman–Crippen LogP) is 3.54. The van der Waals surface area contributed by atoms with E-state index in [1.807, 2.05) is 24.3 Å². The van der Waals surface area contributed by atoms with Gasteiger partial charge < -0.3 is 33.7 Å². The number of hydrazine groups is 1. The molecule has 3 rings (SSSR count). The number of alkyl carbamates (subject to hydrolysis) is 1. The van der Waals surface area contributed by atoms with Crippen molar-refractivity contribution in [1.29, 1.82) is 0 Å². The number of carbonyl (C=O) groups is 3. The third-order valence-corrected chi connectivity index (χ3v) is 6.15. The molecule has 236 valence electrons. The first-order valence-electron chi connectivity index (χ1n) is 14.4. The Hall–Kier alpha value is -3.71. The van der Waals surface area contributed by atoms with Crippen LogP contribution >= 0.6 is 0 Å². The SMILES string of the molecule is CC(C)(C)OC(=O)NNC(=O)CCOCCOCCOCCOCCNC(=O)OCC1c2ccccc2-c2ccccc21. The van der Waals surface area contributed by atoms with Gasteiger partial charge in [0.1, 0.15) is 12.2 Å². The van der Waals surface area contributed by atoms with Crippen molar-refractivity contribution in [3.8, 4) is 11.1 Å². The van der Waals surface area contributed by atoms with Crippen molar-refractivity contribution in [3.63, 3.8) is 0 Å². The summed E-state index contributed by atoms with van der Waals surface area (Å²) in [5.74, 6) is -0.368. The van der Waals surface area contributed by atoms with Gasteiger partial charge in [0, 0.05) is 12.5 Å². The highest BCUT2D eigenvalue weighted by atomic mass is 16.6. The zero-order chi connectivity index (χ0) is 30.9. The van der Waals surface area contributed by atoms with Crippen LogP contribution in [0.1, 0.15) is 44.2 Å². The highest BCUT2D eigenvalue weighted by Gasteiger charge is 2.29. The molecular formula is C31H43N3O9. The number of nitrogens with one attached hydrogen (secondary N) is 3. The largest absolute Gasteiger partial charge is 0.449 e. The fraction of sp³-hybridized carbons (Fsp3) is 0.516. The maximum Gasteiger partial charge on any atom is 0.426 e. The molecule has 0 atom stereocenters. The molecule has 0 saturated carbocycles. The zero-order valence-electron chi connectivity index (χ0n) is 25.1. The number of hydrogen-bond donors (Lipinski definition) is 3. The van der Waals surface area contributed by atoms with Crippen molar-refractivity contribution in [2.45, 2.75) is 38.7 Å². The Labute approximate surface area is 252 Å². The van der Waals surface area contributed by atoms with E-state index in [4.69, 9.17) is 28.4 Å². The van der Waals surface area contributed by atoms with Gasteiger partial charge >= 0.3 is 12.2 Å². The molecule has 2 aromatic carbocycles. The summed E-state index contributed by atoms with van der Waals surface area (Å²) in [6.45, 7) is 8.59. The first kappa shape index (κ1) is 33.8. The van der Waals surface area contributed by atoms with Gasteiger partial charge in [0.2, 0.25) is 5.91 Å². The third-order valence-electron chi connectivity index (χ3n) is 6.15. The molecule has 0 saturated heterocycles. The van der Waals surface area contributed by atoms with E-state index < -0.39 is 23.7 Å². The summed E-state index contributed by atoms with van der Waals surface area (Å²) in [5.41, 5.74) is 8.51. The number of carbonyl (C=O) groups excluding carboxylic acids is 3. The van der Waals surface area contributed by atoms with E-state index in [1.165, 1.54) is 22.3 Å². The molecular weight excluding hydrogens is 558 g/mol. The molecule has 12 nitrogen and oxygen atoms in total. The van der Waals surface area contributed by atoms with Crippen LogP contribution in [0.5, 0.6) is 0 Å². The van der Waals surface area contributed by atoms with E-state index in [0.717, 1.165) is 0 Å². The van der Waals surface area contributed by atoms with Crippen molar-refractivity contribution < 1.29 is 42.8 Å². The lowest BCUT2D eigenvalue weighted by atomic mass is 9.98. The van der Waals surface area contributed by atoms with Crippen molar-refractivity contribution in [2.75, 3.05) is 66.0 Å². The highest BCUT2D eigenvalue weighted by molar-refractivity contribution is 5.79. The molecule has 0 fully saturated rings. The monoisotopic (exact) mass is 601 g/mol. The van der Waals surface area contributed by atoms with Crippen LogP contribution in [-0.4, -0.2) is 89.7 Å². The van der Waals surface area contributed by atoms with Gasteiger partial charge in [-0.05, 0) is 43.0 Å². The van der Waals surface area contributed by atoms with Gasteiger partial charge in [-0.25, -0.2) is 15.0 Å². The number of hydrogen-bond acceptors (Lipinski definition) is 9.